The van der Waals surface area contributed by atoms with Gasteiger partial charge in [0.25, 0.3) is 0 Å². The fourth-order valence-corrected chi connectivity index (χ4v) is 10.2. The summed E-state index contributed by atoms with van der Waals surface area (Å²) >= 11 is 0. The third-order valence-electron chi connectivity index (χ3n) is 14.1. The normalized spacial score (nSPS) is 13.4. The quantitative estimate of drug-likeness (QED) is 0.0305. The van der Waals surface area contributed by atoms with Gasteiger partial charge in [-0.2, -0.15) is 0 Å². The summed E-state index contributed by atoms with van der Waals surface area (Å²) in [4.78, 5) is 33.8. The van der Waals surface area contributed by atoms with Gasteiger partial charge in [0.05, 0.1) is 19.8 Å². The van der Waals surface area contributed by atoms with Gasteiger partial charge < -0.3 is 25.2 Å². The minimum absolute atomic E-state index is 0.0267. The lowest BCUT2D eigenvalue weighted by molar-refractivity contribution is -0.154. The number of esters is 1. The van der Waals surface area contributed by atoms with Crippen molar-refractivity contribution in [1.82, 2.24) is 0 Å². The molecular weight excluding hydrogens is 898 g/mol. The van der Waals surface area contributed by atoms with E-state index in [9.17, 15) is 19.0 Å². The van der Waals surface area contributed by atoms with Crippen LogP contribution < -0.4 is 5.73 Å². The fraction of sp³-hybridized carbons (Fsp3) is 0.966. The molecule has 0 aromatic rings. The Morgan fingerprint density at radius 1 is 0.400 bits per heavy atom. The predicted molar refractivity (Wildman–Crippen MR) is 296 cm³/mol. The van der Waals surface area contributed by atoms with E-state index in [0.717, 1.165) is 38.5 Å². The Morgan fingerprint density at radius 3 is 0.943 bits per heavy atom. The van der Waals surface area contributed by atoms with Gasteiger partial charge in [0.2, 0.25) is 0 Å². The molecule has 0 aromatic carbocycles. The Morgan fingerprint density at radius 2 is 0.657 bits per heavy atom. The van der Waals surface area contributed by atoms with Crippen LogP contribution in [0.2, 0.25) is 0 Å². The first-order valence-corrected chi connectivity index (χ1v) is 32.1. The minimum Gasteiger partial charge on any atom is -0.480 e. The van der Waals surface area contributed by atoms with Crippen molar-refractivity contribution >= 4 is 19.8 Å². The molecule has 0 fully saturated rings. The van der Waals surface area contributed by atoms with Gasteiger partial charge in [-0.25, -0.2) is 4.57 Å². The summed E-state index contributed by atoms with van der Waals surface area (Å²) in [6.07, 6.45) is 63.4. The molecule has 0 spiro atoms. The van der Waals surface area contributed by atoms with Crippen LogP contribution in [-0.2, 0) is 32.7 Å². The maximum atomic E-state index is 12.8. The number of carboxylic acids is 1. The highest BCUT2D eigenvalue weighted by Gasteiger charge is 2.27. The van der Waals surface area contributed by atoms with Crippen molar-refractivity contribution in [3.63, 3.8) is 0 Å². The average Bonchev–Trinajstić information content (AvgIpc) is 3.34. The molecule has 0 amide bonds. The van der Waals surface area contributed by atoms with E-state index in [2.05, 4.69) is 13.8 Å². The number of hydrogen-bond acceptors (Lipinski definition) is 8. The maximum absolute atomic E-state index is 12.8. The molecule has 4 N–H and O–H groups in total. The molecule has 11 heteroatoms. The molecule has 418 valence electrons. The van der Waals surface area contributed by atoms with Gasteiger partial charge in [0.15, 0.2) is 0 Å². The monoisotopic (exact) mass is 1020 g/mol. The molecule has 0 aromatic heterocycles. The van der Waals surface area contributed by atoms with E-state index in [0.29, 0.717) is 6.61 Å². The number of nitrogens with two attached hydrogens (primary N) is 1. The highest BCUT2D eigenvalue weighted by atomic mass is 31.2. The lowest BCUT2D eigenvalue weighted by Crippen LogP contribution is -2.34. The van der Waals surface area contributed by atoms with Crippen molar-refractivity contribution in [3.8, 4) is 0 Å². The summed E-state index contributed by atoms with van der Waals surface area (Å²) in [5.74, 6) is -1.76. The molecule has 3 atom stereocenters. The van der Waals surface area contributed by atoms with Crippen LogP contribution in [0.3, 0.4) is 0 Å². The second-order valence-corrected chi connectivity index (χ2v) is 22.7. The zero-order valence-corrected chi connectivity index (χ0v) is 47.3. The Balaban J connectivity index is 3.92. The van der Waals surface area contributed by atoms with Crippen LogP contribution in [0, 0.1) is 0 Å². The highest BCUT2D eigenvalue weighted by Crippen LogP contribution is 2.43. The first-order valence-electron chi connectivity index (χ1n) is 30.6. The Labute approximate surface area is 433 Å². The number of unbranched alkanes of at least 4 members (excludes halogenated alkanes) is 46. The second kappa shape index (κ2) is 55.7. The predicted octanol–water partition coefficient (Wildman–Crippen LogP) is 18.6. The summed E-state index contributed by atoms with van der Waals surface area (Å²) in [6, 6.07) is -1.47. The third kappa shape index (κ3) is 54.7. The smallest absolute Gasteiger partial charge is 0.472 e. The van der Waals surface area contributed by atoms with E-state index in [-0.39, 0.29) is 13.0 Å². The van der Waals surface area contributed by atoms with Gasteiger partial charge in [-0.05, 0) is 12.8 Å². The van der Waals surface area contributed by atoms with Gasteiger partial charge in [0.1, 0.15) is 12.1 Å². The Bertz CT molecular complexity index is 1130. The number of hydrogen-bond donors (Lipinski definition) is 3. The summed E-state index contributed by atoms with van der Waals surface area (Å²) in [5, 5.41) is 8.95. The first kappa shape index (κ1) is 69.0. The van der Waals surface area contributed by atoms with E-state index >= 15 is 0 Å². The van der Waals surface area contributed by atoms with Gasteiger partial charge >= 0.3 is 19.8 Å². The molecule has 10 nitrogen and oxygen atoms in total. The van der Waals surface area contributed by atoms with Crippen LogP contribution in [0.1, 0.15) is 328 Å². The number of aliphatic carboxylic acids is 1. The molecule has 0 radical (unpaired) electrons. The number of phosphoric ester groups is 1. The van der Waals surface area contributed by atoms with Gasteiger partial charge in [-0.3, -0.25) is 18.6 Å². The Kier molecular flexibility index (Phi) is 54.9. The third-order valence-corrected chi connectivity index (χ3v) is 15.1. The molecule has 0 saturated heterocycles. The van der Waals surface area contributed by atoms with E-state index in [4.69, 9.17) is 29.4 Å². The molecule has 0 aliphatic rings. The van der Waals surface area contributed by atoms with Crippen LogP contribution in [0.4, 0.5) is 0 Å². The van der Waals surface area contributed by atoms with E-state index in [1.54, 1.807) is 0 Å². The van der Waals surface area contributed by atoms with Crippen molar-refractivity contribution < 1.29 is 42.7 Å². The molecule has 70 heavy (non-hydrogen) atoms. The van der Waals surface area contributed by atoms with Gasteiger partial charge in [-0.15, -0.1) is 0 Å². The topological polar surface area (TPSA) is 155 Å². The Hall–Kier alpha value is -1.03. The van der Waals surface area contributed by atoms with E-state index in [1.165, 1.54) is 270 Å². The molecule has 0 aliphatic heterocycles. The highest BCUT2D eigenvalue weighted by molar-refractivity contribution is 7.47. The van der Waals surface area contributed by atoms with Gasteiger partial charge in [0, 0.05) is 13.0 Å². The zero-order valence-electron chi connectivity index (χ0n) is 46.4. The summed E-state index contributed by atoms with van der Waals surface area (Å²) in [7, 11) is -4.62. The van der Waals surface area contributed by atoms with Crippen molar-refractivity contribution in [2.24, 2.45) is 5.73 Å². The number of rotatable bonds is 60. The SMILES string of the molecule is CCCCCCCCCCCCCCCCCCCCCCCCCCCCCCCCC(=O)O[C@H](COCCCCCCCCCCCCCCCCCCCC)COP(=O)(O)OC[C@H](N)C(=O)O. The number of carbonyl (C=O) groups excluding carboxylic acids is 1. The van der Waals surface area contributed by atoms with Crippen molar-refractivity contribution in [2.45, 2.75) is 341 Å². The maximum Gasteiger partial charge on any atom is 0.472 e. The lowest BCUT2D eigenvalue weighted by atomic mass is 10.0. The van der Waals surface area contributed by atoms with Crippen LogP contribution in [-0.4, -0.2) is 60.5 Å². The van der Waals surface area contributed by atoms with Crippen LogP contribution in [0.5, 0.6) is 0 Å². The van der Waals surface area contributed by atoms with E-state index in [1.807, 2.05) is 0 Å². The van der Waals surface area contributed by atoms with Crippen molar-refractivity contribution in [2.75, 3.05) is 26.4 Å². The van der Waals surface area contributed by atoms with Crippen LogP contribution in [0.25, 0.3) is 0 Å². The summed E-state index contributed by atoms with van der Waals surface area (Å²) < 4.78 is 33.6. The molecular formula is C59H118NO9P. The lowest BCUT2D eigenvalue weighted by Gasteiger charge is -2.20. The minimum atomic E-state index is -4.62. The average molecular weight is 1020 g/mol. The summed E-state index contributed by atoms with van der Waals surface area (Å²) in [5.41, 5.74) is 5.39. The molecule has 1 unspecified atom stereocenters. The van der Waals surface area contributed by atoms with Gasteiger partial charge in [-0.1, -0.05) is 309 Å². The summed E-state index contributed by atoms with van der Waals surface area (Å²) in [6.45, 7) is 3.98. The van der Waals surface area contributed by atoms with Crippen LogP contribution >= 0.6 is 7.82 Å². The fourth-order valence-electron chi connectivity index (χ4n) is 9.43. The van der Waals surface area contributed by atoms with Crippen molar-refractivity contribution in [1.29, 1.82) is 0 Å². The number of carboxylic acid groups (broad SMARTS) is 1. The van der Waals surface area contributed by atoms with Crippen molar-refractivity contribution in [3.05, 3.63) is 0 Å². The first-order chi connectivity index (χ1) is 34.2. The second-order valence-electron chi connectivity index (χ2n) is 21.2. The largest absolute Gasteiger partial charge is 0.480 e. The zero-order chi connectivity index (χ0) is 51.1. The molecule has 0 aliphatic carbocycles. The number of phosphoric acid groups is 1. The number of carbonyl (C=O) groups is 2. The molecule has 0 rings (SSSR count). The van der Waals surface area contributed by atoms with Crippen LogP contribution in [0.15, 0.2) is 0 Å². The van der Waals surface area contributed by atoms with E-state index < -0.39 is 45.1 Å². The molecule has 0 saturated carbocycles. The number of ether oxygens (including phenoxy) is 2. The molecule has 0 bridgehead atoms. The standard InChI is InChI=1S/C59H118NO9P/c1-3-5-7-9-11-13-15-17-19-21-23-24-25-26-27-28-29-30-31-32-33-34-35-37-39-41-43-45-47-49-51-58(61)69-56(54-67-70(64,65)68-55-57(60)59(62)63)53-66-52-50-48-46-44-42-40-38-36-22-20-18-16-14-12-10-8-6-4-2/h56-57H,3-55,60H2,1-2H3,(H,62,63)(H,64,65)/t56-,57+/m1/s1. The molecule has 0 heterocycles.